The summed E-state index contributed by atoms with van der Waals surface area (Å²) < 4.78 is 2.03. The number of β-amino-alcohol motifs (C(OH)–C–C–N with tert-alkyl or cyclic N) is 1. The van der Waals surface area contributed by atoms with E-state index in [1.165, 1.54) is 22.6 Å². The molecule has 1 aromatic carbocycles. The first-order valence-corrected chi connectivity index (χ1v) is 16.7. The van der Waals surface area contributed by atoms with Crippen LogP contribution in [0.25, 0.3) is 16.8 Å². The van der Waals surface area contributed by atoms with Crippen LogP contribution in [0.1, 0.15) is 48.0 Å². The summed E-state index contributed by atoms with van der Waals surface area (Å²) >= 11 is 1.41. The Morgan fingerprint density at radius 3 is 2.49 bits per heavy atom. The number of aliphatic hydroxyl groups excluding tert-OH is 1. The van der Waals surface area contributed by atoms with Crippen molar-refractivity contribution in [2.45, 2.75) is 52.6 Å². The van der Waals surface area contributed by atoms with Gasteiger partial charge in [0.2, 0.25) is 0 Å². The lowest BCUT2D eigenvalue weighted by Crippen LogP contribution is -2.57. The fourth-order valence-electron chi connectivity index (χ4n) is 7.20. The summed E-state index contributed by atoms with van der Waals surface area (Å²) in [5, 5.41) is 25.4. The molecule has 0 radical (unpaired) electrons. The van der Waals surface area contributed by atoms with Gasteiger partial charge in [0.05, 0.1) is 36.1 Å². The number of nitriles is 1. The van der Waals surface area contributed by atoms with Gasteiger partial charge in [-0.25, -0.2) is 14.3 Å². The first-order chi connectivity index (χ1) is 21.7. The van der Waals surface area contributed by atoms with E-state index in [0.29, 0.717) is 23.7 Å². The van der Waals surface area contributed by atoms with E-state index in [4.69, 9.17) is 10.1 Å². The minimum Gasteiger partial charge on any atom is -0.389 e. The van der Waals surface area contributed by atoms with Crippen LogP contribution in [-0.2, 0) is 6.42 Å². The highest BCUT2D eigenvalue weighted by atomic mass is 32.1. The first kappa shape index (κ1) is 29.6. The SMILES string of the molecule is CCc1nn2c(C)cc(N3CCC4(CCN(C(=O)N5CC(O)C5)C4)CC3)cc2c1N(C)c1nc(-c2ccc(C)cc2)c(C#N)s1. The number of anilines is 3. The number of hydrogen-bond acceptors (Lipinski definition) is 8. The van der Waals surface area contributed by atoms with Crippen LogP contribution in [0.3, 0.4) is 0 Å². The number of hydrogen-bond donors (Lipinski definition) is 1. The average molecular weight is 625 g/mol. The third-order valence-electron chi connectivity index (χ3n) is 9.97. The number of fused-ring (bicyclic) bond motifs is 1. The van der Waals surface area contributed by atoms with Crippen LogP contribution in [0.15, 0.2) is 36.4 Å². The van der Waals surface area contributed by atoms with E-state index in [1.54, 1.807) is 4.90 Å². The molecular weight excluding hydrogens is 584 g/mol. The zero-order valence-corrected chi connectivity index (χ0v) is 27.3. The number of nitrogens with zero attached hydrogens (tertiary/aromatic N) is 8. The van der Waals surface area contributed by atoms with Gasteiger partial charge in [0.1, 0.15) is 16.6 Å². The van der Waals surface area contributed by atoms with E-state index >= 15 is 0 Å². The standard InChI is InChI=1S/C34H40N8O2S/c1-5-27-31(38(4)32-36-30(29(18-35)45-32)24-8-6-22(2)7-9-24)28-17-25(16-23(3)42(28)37-27)39-13-10-34(11-14-39)12-15-40(21-34)33(44)41-19-26(43)20-41/h6-9,16-17,26,43H,5,10-15,19-21H2,1-4H3. The van der Waals surface area contributed by atoms with Gasteiger partial charge in [0, 0.05) is 50.2 Å². The molecule has 0 saturated carbocycles. The molecule has 0 unspecified atom stereocenters. The number of amides is 2. The Hall–Kier alpha value is -4.14. The normalized spacial score (nSPS) is 18.1. The van der Waals surface area contributed by atoms with Gasteiger partial charge in [-0.15, -0.1) is 0 Å². The monoisotopic (exact) mass is 624 g/mol. The zero-order valence-electron chi connectivity index (χ0n) is 26.5. The molecule has 0 atom stereocenters. The molecule has 11 heteroatoms. The van der Waals surface area contributed by atoms with Crippen LogP contribution in [0.2, 0.25) is 0 Å². The number of carbonyl (C=O) groups is 1. The number of pyridine rings is 1. The summed E-state index contributed by atoms with van der Waals surface area (Å²) in [5.41, 5.74) is 8.30. The molecule has 0 bridgehead atoms. The third kappa shape index (κ3) is 5.20. The smallest absolute Gasteiger partial charge is 0.320 e. The molecule has 1 spiro atoms. The molecule has 7 rings (SSSR count). The Bertz CT molecular complexity index is 1790. The van der Waals surface area contributed by atoms with Crippen LogP contribution in [0.4, 0.5) is 21.3 Å². The summed E-state index contributed by atoms with van der Waals surface area (Å²) in [6.07, 6.45) is 3.55. The number of piperidine rings is 1. The summed E-state index contributed by atoms with van der Waals surface area (Å²) in [6.45, 7) is 10.7. The van der Waals surface area contributed by atoms with Crippen LogP contribution in [0.5, 0.6) is 0 Å². The van der Waals surface area contributed by atoms with Crippen LogP contribution in [0, 0.1) is 30.6 Å². The number of aryl methyl sites for hydroxylation is 3. The molecular formula is C34H40N8O2S. The lowest BCUT2D eigenvalue weighted by Gasteiger charge is -2.41. The quantitative estimate of drug-likeness (QED) is 0.319. The Morgan fingerprint density at radius 2 is 1.82 bits per heavy atom. The number of thiazole rings is 1. The van der Waals surface area contributed by atoms with E-state index in [2.05, 4.69) is 48.8 Å². The molecule has 3 aliphatic heterocycles. The number of likely N-dealkylation sites (tertiary alicyclic amines) is 2. The lowest BCUT2D eigenvalue weighted by molar-refractivity contribution is 0.0158. The second-order valence-electron chi connectivity index (χ2n) is 13.0. The molecule has 1 N–H and O–H groups in total. The van der Waals surface area contributed by atoms with Gasteiger partial charge in [0.15, 0.2) is 5.13 Å². The largest absolute Gasteiger partial charge is 0.389 e. The van der Waals surface area contributed by atoms with Gasteiger partial charge < -0.3 is 24.7 Å². The van der Waals surface area contributed by atoms with Gasteiger partial charge in [0.25, 0.3) is 0 Å². The van der Waals surface area contributed by atoms with Crippen molar-refractivity contribution in [2.24, 2.45) is 5.41 Å². The highest BCUT2D eigenvalue weighted by molar-refractivity contribution is 7.16. The first-order valence-electron chi connectivity index (χ1n) is 15.9. The molecule has 2 amide bonds. The fourth-order valence-corrected chi connectivity index (χ4v) is 8.05. The van der Waals surface area contributed by atoms with E-state index in [1.807, 2.05) is 40.7 Å². The Kier molecular flexibility index (Phi) is 7.45. The molecule has 234 valence electrons. The number of urea groups is 1. The molecule has 0 aliphatic carbocycles. The van der Waals surface area contributed by atoms with Crippen LogP contribution < -0.4 is 9.80 Å². The minimum absolute atomic E-state index is 0.0814. The predicted octanol–water partition coefficient (Wildman–Crippen LogP) is 5.37. The van der Waals surface area contributed by atoms with Crippen molar-refractivity contribution in [3.05, 3.63) is 58.2 Å². The maximum atomic E-state index is 12.9. The van der Waals surface area contributed by atoms with Crippen molar-refractivity contribution in [3.8, 4) is 17.3 Å². The van der Waals surface area contributed by atoms with Crippen LogP contribution in [-0.4, -0.2) is 88.0 Å². The number of aliphatic hydroxyl groups is 1. The number of aromatic nitrogens is 3. The summed E-state index contributed by atoms with van der Waals surface area (Å²) in [6, 6.07) is 15.1. The molecule has 6 heterocycles. The lowest BCUT2D eigenvalue weighted by atomic mass is 9.77. The molecule has 45 heavy (non-hydrogen) atoms. The number of benzene rings is 1. The summed E-state index contributed by atoms with van der Waals surface area (Å²) in [7, 11) is 2.02. The average Bonchev–Trinajstić information content (AvgIpc) is 3.75. The highest BCUT2D eigenvalue weighted by Gasteiger charge is 2.44. The number of carbonyl (C=O) groups excluding carboxylic acids is 1. The Balaban J connectivity index is 1.14. The van der Waals surface area contributed by atoms with E-state index in [9.17, 15) is 15.2 Å². The van der Waals surface area contributed by atoms with Crippen molar-refractivity contribution in [1.82, 2.24) is 24.4 Å². The molecule has 10 nitrogen and oxygen atoms in total. The molecule has 3 aromatic heterocycles. The van der Waals surface area contributed by atoms with Gasteiger partial charge in [-0.05, 0) is 57.1 Å². The maximum Gasteiger partial charge on any atom is 0.320 e. The number of rotatable bonds is 5. The van der Waals surface area contributed by atoms with Gasteiger partial charge >= 0.3 is 6.03 Å². The minimum atomic E-state index is -0.369. The predicted molar refractivity (Wildman–Crippen MR) is 177 cm³/mol. The fraction of sp³-hybridized carbons (Fsp3) is 0.471. The van der Waals surface area contributed by atoms with Crippen molar-refractivity contribution in [3.63, 3.8) is 0 Å². The van der Waals surface area contributed by atoms with E-state index in [0.717, 1.165) is 85.1 Å². The highest BCUT2D eigenvalue weighted by Crippen LogP contribution is 2.43. The second-order valence-corrected chi connectivity index (χ2v) is 14.0. The molecule has 4 aromatic rings. The van der Waals surface area contributed by atoms with Crippen LogP contribution >= 0.6 is 11.3 Å². The van der Waals surface area contributed by atoms with E-state index in [-0.39, 0.29) is 17.6 Å². The second kappa shape index (κ2) is 11.3. The Labute approximate surface area is 268 Å². The van der Waals surface area contributed by atoms with Crippen molar-refractivity contribution in [2.75, 3.05) is 56.1 Å². The third-order valence-corrected chi connectivity index (χ3v) is 11.0. The topological polar surface area (TPSA) is 104 Å². The van der Waals surface area contributed by atoms with Gasteiger partial charge in [-0.2, -0.15) is 10.4 Å². The Morgan fingerprint density at radius 1 is 1.11 bits per heavy atom. The van der Waals surface area contributed by atoms with Gasteiger partial charge in [-0.1, -0.05) is 48.1 Å². The molecule has 3 fully saturated rings. The van der Waals surface area contributed by atoms with Crippen molar-refractivity contribution in [1.29, 1.82) is 5.26 Å². The zero-order chi connectivity index (χ0) is 31.5. The summed E-state index contributed by atoms with van der Waals surface area (Å²) in [5.74, 6) is 0. The maximum absolute atomic E-state index is 12.9. The van der Waals surface area contributed by atoms with Crippen molar-refractivity contribution < 1.29 is 9.90 Å². The molecule has 3 saturated heterocycles. The van der Waals surface area contributed by atoms with Gasteiger partial charge in [-0.3, -0.25) is 0 Å². The summed E-state index contributed by atoms with van der Waals surface area (Å²) in [4.78, 5) is 26.8. The van der Waals surface area contributed by atoms with Crippen molar-refractivity contribution >= 4 is 39.4 Å². The molecule has 3 aliphatic rings. The van der Waals surface area contributed by atoms with E-state index < -0.39 is 0 Å².